The van der Waals surface area contributed by atoms with Gasteiger partial charge in [0, 0.05) is 30.8 Å². The molecule has 0 fully saturated rings. The smallest absolute Gasteiger partial charge is 0.319 e. The Morgan fingerprint density at radius 3 is 2.26 bits per heavy atom. The molecule has 35 heavy (non-hydrogen) atoms. The highest BCUT2D eigenvalue weighted by Crippen LogP contribution is 2.12. The Bertz CT molecular complexity index is 1130. The Labute approximate surface area is 205 Å². The Morgan fingerprint density at radius 2 is 1.49 bits per heavy atom. The first-order valence-corrected chi connectivity index (χ1v) is 11.7. The zero-order valence-corrected chi connectivity index (χ0v) is 19.9. The summed E-state index contributed by atoms with van der Waals surface area (Å²) in [5, 5.41) is 8.48. The third-order valence-electron chi connectivity index (χ3n) is 5.29. The molecule has 0 aliphatic heterocycles. The Kier molecular flexibility index (Phi) is 9.87. The van der Waals surface area contributed by atoms with Crippen molar-refractivity contribution in [3.8, 4) is 0 Å². The van der Waals surface area contributed by atoms with E-state index in [0.717, 1.165) is 16.7 Å². The van der Waals surface area contributed by atoms with E-state index in [9.17, 15) is 14.4 Å². The molecule has 0 aliphatic carbocycles. The number of urea groups is 1. The van der Waals surface area contributed by atoms with Crippen LogP contribution in [-0.2, 0) is 28.9 Å². The average molecular weight is 474 g/mol. The van der Waals surface area contributed by atoms with E-state index in [-0.39, 0.29) is 17.9 Å². The predicted octanol–water partition coefficient (Wildman–Crippen LogP) is 4.48. The summed E-state index contributed by atoms with van der Waals surface area (Å²) in [6.45, 7) is 3.06. The molecule has 7 heteroatoms. The van der Waals surface area contributed by atoms with Crippen molar-refractivity contribution >= 4 is 23.6 Å². The summed E-state index contributed by atoms with van der Waals surface area (Å²) in [6.07, 6.45) is 1.64. The second-order valence-corrected chi connectivity index (χ2v) is 8.00. The first-order chi connectivity index (χ1) is 17.0. The number of ether oxygens (including phenoxy) is 1. The van der Waals surface area contributed by atoms with Gasteiger partial charge in [-0.15, -0.1) is 0 Å². The molecule has 0 unspecified atom stereocenters. The van der Waals surface area contributed by atoms with Gasteiger partial charge in [0.05, 0.1) is 6.61 Å². The van der Waals surface area contributed by atoms with Crippen molar-refractivity contribution < 1.29 is 19.1 Å². The maximum absolute atomic E-state index is 12.6. The van der Waals surface area contributed by atoms with Crippen LogP contribution < -0.4 is 16.0 Å². The second kappa shape index (κ2) is 13.5. The van der Waals surface area contributed by atoms with E-state index < -0.39 is 0 Å². The third-order valence-corrected chi connectivity index (χ3v) is 5.29. The Hall–Kier alpha value is -4.13. The third kappa shape index (κ3) is 8.97. The topological polar surface area (TPSA) is 96.5 Å². The molecule has 3 rings (SSSR count). The van der Waals surface area contributed by atoms with E-state index >= 15 is 0 Å². The first-order valence-electron chi connectivity index (χ1n) is 11.7. The number of carbonyl (C=O) groups excluding carboxylic acids is 3. The number of benzene rings is 3. The van der Waals surface area contributed by atoms with Crippen LogP contribution in [0.4, 0.5) is 10.5 Å². The minimum absolute atomic E-state index is 0.199. The number of rotatable bonds is 11. The summed E-state index contributed by atoms with van der Waals surface area (Å²) in [6, 6.07) is 24.1. The molecule has 182 valence electrons. The van der Waals surface area contributed by atoms with Gasteiger partial charge >= 0.3 is 12.0 Å². The van der Waals surface area contributed by atoms with Crippen molar-refractivity contribution in [1.82, 2.24) is 10.6 Å². The lowest BCUT2D eigenvalue weighted by Crippen LogP contribution is -2.28. The summed E-state index contributed by atoms with van der Waals surface area (Å²) in [5.41, 5.74) is 4.15. The molecule has 0 bridgehead atoms. The standard InChI is InChI=1S/C28H31N3O4/c1-2-35-26(32)15-14-21-10-6-11-22(18-21)16-17-29-27(33)24-12-7-13-25(19-24)31-28(34)30-20-23-8-4-3-5-9-23/h3-13,18-19H,2,14-17,20H2,1H3,(H,29,33)(H2,30,31,34). The van der Waals surface area contributed by atoms with E-state index in [4.69, 9.17) is 4.74 Å². The monoisotopic (exact) mass is 473 g/mol. The summed E-state index contributed by atoms with van der Waals surface area (Å²) < 4.78 is 4.97. The number of carbonyl (C=O) groups is 3. The molecule has 0 aliphatic rings. The SMILES string of the molecule is CCOC(=O)CCc1cccc(CCNC(=O)c2cccc(NC(=O)NCc3ccccc3)c2)c1. The Balaban J connectivity index is 1.45. The highest BCUT2D eigenvalue weighted by molar-refractivity contribution is 5.96. The van der Waals surface area contributed by atoms with Crippen molar-refractivity contribution in [3.05, 3.63) is 101 Å². The molecule has 3 N–H and O–H groups in total. The molecule has 3 amide bonds. The van der Waals surface area contributed by atoms with Crippen LogP contribution in [0.25, 0.3) is 0 Å². The minimum atomic E-state index is -0.339. The number of hydrogen-bond donors (Lipinski definition) is 3. The molecule has 3 aromatic rings. The van der Waals surface area contributed by atoms with Gasteiger partial charge < -0.3 is 20.7 Å². The van der Waals surface area contributed by atoms with E-state index in [1.54, 1.807) is 31.2 Å². The van der Waals surface area contributed by atoms with Gasteiger partial charge in [0.2, 0.25) is 0 Å². The molecule has 7 nitrogen and oxygen atoms in total. The van der Waals surface area contributed by atoms with Crippen LogP contribution >= 0.6 is 0 Å². The van der Waals surface area contributed by atoms with E-state index in [2.05, 4.69) is 16.0 Å². The van der Waals surface area contributed by atoms with Gasteiger partial charge in [0.1, 0.15) is 0 Å². The quantitative estimate of drug-likeness (QED) is 0.358. The summed E-state index contributed by atoms with van der Waals surface area (Å²) in [7, 11) is 0. The zero-order chi connectivity index (χ0) is 24.9. The highest BCUT2D eigenvalue weighted by atomic mass is 16.5. The molecule has 0 spiro atoms. The van der Waals surface area contributed by atoms with Gasteiger partial charge in [0.15, 0.2) is 0 Å². The summed E-state index contributed by atoms with van der Waals surface area (Å²) in [5.74, 6) is -0.410. The minimum Gasteiger partial charge on any atom is -0.466 e. The lowest BCUT2D eigenvalue weighted by Gasteiger charge is -2.10. The lowest BCUT2D eigenvalue weighted by molar-refractivity contribution is -0.143. The van der Waals surface area contributed by atoms with Crippen LogP contribution in [0.3, 0.4) is 0 Å². The van der Waals surface area contributed by atoms with Gasteiger partial charge in [-0.2, -0.15) is 0 Å². The van der Waals surface area contributed by atoms with E-state index in [0.29, 0.717) is 50.2 Å². The van der Waals surface area contributed by atoms with Crippen LogP contribution in [0.1, 0.15) is 40.4 Å². The normalized spacial score (nSPS) is 10.3. The molecular weight excluding hydrogens is 442 g/mol. The van der Waals surface area contributed by atoms with Crippen molar-refractivity contribution in [2.75, 3.05) is 18.5 Å². The maximum atomic E-state index is 12.6. The molecule has 0 saturated heterocycles. The van der Waals surface area contributed by atoms with Gasteiger partial charge in [-0.25, -0.2) is 4.79 Å². The average Bonchev–Trinajstić information content (AvgIpc) is 2.87. The first kappa shape index (κ1) is 25.5. The van der Waals surface area contributed by atoms with Crippen LogP contribution in [0, 0.1) is 0 Å². The largest absolute Gasteiger partial charge is 0.466 e. The lowest BCUT2D eigenvalue weighted by atomic mass is 10.0. The number of aryl methyl sites for hydroxylation is 1. The summed E-state index contributed by atoms with van der Waals surface area (Å²) >= 11 is 0. The molecule has 0 atom stereocenters. The number of anilines is 1. The van der Waals surface area contributed by atoms with Gasteiger partial charge in [-0.05, 0) is 54.7 Å². The van der Waals surface area contributed by atoms with Crippen molar-refractivity contribution in [1.29, 1.82) is 0 Å². The second-order valence-electron chi connectivity index (χ2n) is 8.00. The molecule has 0 saturated carbocycles. The number of esters is 1. The number of amides is 3. The van der Waals surface area contributed by atoms with Crippen LogP contribution in [0.2, 0.25) is 0 Å². The van der Waals surface area contributed by atoms with Crippen LogP contribution in [0.5, 0.6) is 0 Å². The zero-order valence-electron chi connectivity index (χ0n) is 19.9. The van der Waals surface area contributed by atoms with Crippen molar-refractivity contribution in [3.63, 3.8) is 0 Å². The molecule has 0 radical (unpaired) electrons. The fraction of sp³-hybridized carbons (Fsp3) is 0.250. The molecule has 0 aromatic heterocycles. The number of hydrogen-bond acceptors (Lipinski definition) is 4. The van der Waals surface area contributed by atoms with Crippen molar-refractivity contribution in [2.45, 2.75) is 32.7 Å². The summed E-state index contributed by atoms with van der Waals surface area (Å²) in [4.78, 5) is 36.4. The predicted molar refractivity (Wildman–Crippen MR) is 136 cm³/mol. The maximum Gasteiger partial charge on any atom is 0.319 e. The van der Waals surface area contributed by atoms with Crippen LogP contribution in [0.15, 0.2) is 78.9 Å². The molecule has 3 aromatic carbocycles. The highest BCUT2D eigenvalue weighted by Gasteiger charge is 2.08. The van der Waals surface area contributed by atoms with Crippen LogP contribution in [-0.4, -0.2) is 31.1 Å². The van der Waals surface area contributed by atoms with Gasteiger partial charge in [-0.3, -0.25) is 9.59 Å². The van der Waals surface area contributed by atoms with Gasteiger partial charge in [-0.1, -0.05) is 60.7 Å². The van der Waals surface area contributed by atoms with Gasteiger partial charge in [0.25, 0.3) is 5.91 Å². The Morgan fingerprint density at radius 1 is 0.771 bits per heavy atom. The number of nitrogens with one attached hydrogen (secondary N) is 3. The molecular formula is C28H31N3O4. The fourth-order valence-corrected chi connectivity index (χ4v) is 3.53. The van der Waals surface area contributed by atoms with E-state index in [1.165, 1.54) is 0 Å². The fourth-order valence-electron chi connectivity index (χ4n) is 3.53. The van der Waals surface area contributed by atoms with E-state index in [1.807, 2.05) is 54.6 Å². The molecule has 0 heterocycles. The van der Waals surface area contributed by atoms with Crippen molar-refractivity contribution in [2.24, 2.45) is 0 Å².